The maximum atomic E-state index is 12.8. The van der Waals surface area contributed by atoms with E-state index in [0.29, 0.717) is 6.67 Å². The van der Waals surface area contributed by atoms with Crippen LogP contribution in [-0.4, -0.2) is 40.8 Å². The predicted molar refractivity (Wildman–Crippen MR) is 106 cm³/mol. The molecule has 0 unspecified atom stereocenters. The molecule has 1 atom stereocenters. The number of aliphatic imine (C=N–C) groups is 1. The first-order chi connectivity index (χ1) is 13.9. The van der Waals surface area contributed by atoms with Gasteiger partial charge in [0.15, 0.2) is 0 Å². The van der Waals surface area contributed by atoms with Gasteiger partial charge in [0.05, 0.1) is 6.04 Å². The summed E-state index contributed by atoms with van der Waals surface area (Å²) in [5.74, 6) is 0. The highest BCUT2D eigenvalue weighted by Gasteiger charge is 2.33. The second-order valence-electron chi connectivity index (χ2n) is 7.49. The Morgan fingerprint density at radius 2 is 1.90 bits per heavy atom. The third kappa shape index (κ3) is 4.34. The predicted octanol–water partition coefficient (Wildman–Crippen LogP) is 4.67. The first kappa shape index (κ1) is 19.6. The van der Waals surface area contributed by atoms with E-state index in [0.717, 1.165) is 37.7 Å². The van der Waals surface area contributed by atoms with Crippen molar-refractivity contribution in [1.29, 1.82) is 0 Å². The fourth-order valence-corrected chi connectivity index (χ4v) is 3.94. The van der Waals surface area contributed by atoms with Crippen molar-refractivity contribution < 1.29 is 13.2 Å². The zero-order valence-electron chi connectivity index (χ0n) is 16.2. The van der Waals surface area contributed by atoms with E-state index in [2.05, 4.69) is 31.9 Å². The summed E-state index contributed by atoms with van der Waals surface area (Å²) in [6.45, 7) is 5.16. The molecule has 4 nitrogen and oxygen atoms in total. The molecular formula is C22H23F3N4. The van der Waals surface area contributed by atoms with Gasteiger partial charge in [-0.15, -0.1) is 0 Å². The van der Waals surface area contributed by atoms with E-state index in [9.17, 15) is 13.2 Å². The minimum atomic E-state index is -4.42. The van der Waals surface area contributed by atoms with Crippen LogP contribution in [0.4, 0.5) is 13.2 Å². The van der Waals surface area contributed by atoms with Gasteiger partial charge in [-0.3, -0.25) is 14.9 Å². The maximum Gasteiger partial charge on any atom is 0.433 e. The topological polar surface area (TPSA) is 31.7 Å². The van der Waals surface area contributed by atoms with Crippen molar-refractivity contribution in [3.8, 4) is 0 Å². The first-order valence-corrected chi connectivity index (χ1v) is 9.70. The number of aromatic nitrogens is 1. The SMILES string of the molecule is C[C@H](c1ccc(C(F)(F)F)nc1)N1CN=CC2=C1CCN(Cc1ccccc1)C2. The lowest BCUT2D eigenvalue weighted by molar-refractivity contribution is -0.141. The molecule has 152 valence electrons. The van der Waals surface area contributed by atoms with E-state index in [1.54, 1.807) is 0 Å². The van der Waals surface area contributed by atoms with Gasteiger partial charge >= 0.3 is 6.18 Å². The zero-order chi connectivity index (χ0) is 20.4. The smallest absolute Gasteiger partial charge is 0.348 e. The van der Waals surface area contributed by atoms with Gasteiger partial charge in [-0.2, -0.15) is 13.2 Å². The lowest BCUT2D eigenvalue weighted by Crippen LogP contribution is -2.39. The Balaban J connectivity index is 1.49. The molecule has 1 aromatic heterocycles. The van der Waals surface area contributed by atoms with Crippen molar-refractivity contribution in [2.24, 2.45) is 4.99 Å². The number of halogens is 3. The highest BCUT2D eigenvalue weighted by atomic mass is 19.4. The standard InChI is InChI=1S/C22H23F3N4/c1-16(18-7-8-21(27-12-18)22(23,24)25)29-15-26-11-19-14-28(10-9-20(19)29)13-17-5-3-2-4-6-17/h2-8,11-12,16H,9-10,13-15H2,1H3/t16-/m1/s1. The largest absolute Gasteiger partial charge is 0.433 e. The maximum absolute atomic E-state index is 12.8. The molecule has 1 aromatic carbocycles. The Bertz CT molecular complexity index is 904. The molecule has 2 aromatic rings. The molecule has 3 heterocycles. The summed E-state index contributed by atoms with van der Waals surface area (Å²) in [6.07, 6.45) is -0.248. The van der Waals surface area contributed by atoms with Crippen molar-refractivity contribution >= 4 is 6.21 Å². The minimum Gasteiger partial charge on any atom is -0.348 e. The Hall–Kier alpha value is -2.67. The molecule has 29 heavy (non-hydrogen) atoms. The molecule has 7 heteroatoms. The van der Waals surface area contributed by atoms with Crippen LogP contribution in [0.2, 0.25) is 0 Å². The van der Waals surface area contributed by atoms with Crippen LogP contribution >= 0.6 is 0 Å². The molecule has 0 spiro atoms. The van der Waals surface area contributed by atoms with Gasteiger partial charge in [-0.25, -0.2) is 0 Å². The van der Waals surface area contributed by atoms with Crippen LogP contribution in [0.5, 0.6) is 0 Å². The molecule has 0 radical (unpaired) electrons. The van der Waals surface area contributed by atoms with Crippen molar-refractivity contribution in [2.75, 3.05) is 19.8 Å². The van der Waals surface area contributed by atoms with Gasteiger partial charge in [-0.05, 0) is 24.1 Å². The average molecular weight is 400 g/mol. The van der Waals surface area contributed by atoms with Gasteiger partial charge < -0.3 is 4.90 Å². The molecule has 2 aliphatic heterocycles. The molecule has 0 bridgehead atoms. The summed E-state index contributed by atoms with van der Waals surface area (Å²) in [4.78, 5) is 12.7. The number of rotatable bonds is 4. The van der Waals surface area contributed by atoms with Crippen LogP contribution in [0.1, 0.15) is 36.2 Å². The van der Waals surface area contributed by atoms with E-state index in [4.69, 9.17) is 0 Å². The van der Waals surface area contributed by atoms with Crippen molar-refractivity contribution in [3.05, 3.63) is 76.8 Å². The van der Waals surface area contributed by atoms with Crippen LogP contribution in [0.15, 0.2) is 64.9 Å². The van der Waals surface area contributed by atoms with Gasteiger partial charge in [-0.1, -0.05) is 36.4 Å². The molecule has 4 rings (SSSR count). The molecular weight excluding hydrogens is 377 g/mol. The summed E-state index contributed by atoms with van der Waals surface area (Å²) in [5.41, 5.74) is 3.60. The van der Waals surface area contributed by atoms with Crippen LogP contribution < -0.4 is 0 Å². The monoisotopic (exact) mass is 400 g/mol. The van der Waals surface area contributed by atoms with Crippen LogP contribution in [0.25, 0.3) is 0 Å². The van der Waals surface area contributed by atoms with Crippen LogP contribution in [0.3, 0.4) is 0 Å². The number of pyridine rings is 1. The number of hydrogen-bond donors (Lipinski definition) is 0. The Morgan fingerprint density at radius 1 is 1.10 bits per heavy atom. The fourth-order valence-electron chi connectivity index (χ4n) is 3.94. The number of benzene rings is 1. The molecule has 0 amide bonds. The molecule has 0 saturated carbocycles. The number of hydrogen-bond acceptors (Lipinski definition) is 4. The summed E-state index contributed by atoms with van der Waals surface area (Å²) in [7, 11) is 0. The third-order valence-electron chi connectivity index (χ3n) is 5.53. The van der Waals surface area contributed by atoms with Gasteiger partial charge in [0.25, 0.3) is 0 Å². The zero-order valence-corrected chi connectivity index (χ0v) is 16.2. The van der Waals surface area contributed by atoms with Crippen LogP contribution in [-0.2, 0) is 12.7 Å². The molecule has 0 aliphatic carbocycles. The second kappa shape index (κ2) is 7.99. The fraction of sp³-hybridized carbons (Fsp3) is 0.364. The highest BCUT2D eigenvalue weighted by molar-refractivity contribution is 5.81. The average Bonchev–Trinajstić information content (AvgIpc) is 2.73. The number of alkyl halides is 3. The number of nitrogens with zero attached hydrogens (tertiary/aromatic N) is 4. The van der Waals surface area contributed by atoms with Gasteiger partial charge in [0, 0.05) is 49.7 Å². The minimum absolute atomic E-state index is 0.0899. The van der Waals surface area contributed by atoms with E-state index in [-0.39, 0.29) is 6.04 Å². The molecule has 0 fully saturated rings. The molecule has 0 N–H and O–H groups in total. The van der Waals surface area contributed by atoms with Crippen molar-refractivity contribution in [2.45, 2.75) is 32.1 Å². The molecule has 0 saturated heterocycles. The van der Waals surface area contributed by atoms with Gasteiger partial charge in [0.2, 0.25) is 0 Å². The Morgan fingerprint density at radius 3 is 2.59 bits per heavy atom. The summed E-state index contributed by atoms with van der Waals surface area (Å²) >= 11 is 0. The Labute approximate surface area is 168 Å². The second-order valence-corrected chi connectivity index (χ2v) is 7.49. The van der Waals surface area contributed by atoms with E-state index in [1.165, 1.54) is 29.1 Å². The normalized spacial score (nSPS) is 18.7. The van der Waals surface area contributed by atoms with E-state index >= 15 is 0 Å². The van der Waals surface area contributed by atoms with Gasteiger partial charge in [0.1, 0.15) is 12.4 Å². The van der Waals surface area contributed by atoms with Crippen molar-refractivity contribution in [3.63, 3.8) is 0 Å². The van der Waals surface area contributed by atoms with Crippen molar-refractivity contribution in [1.82, 2.24) is 14.8 Å². The summed E-state index contributed by atoms with van der Waals surface area (Å²) in [6, 6.07) is 12.9. The van der Waals surface area contributed by atoms with E-state index < -0.39 is 11.9 Å². The van der Waals surface area contributed by atoms with E-state index in [1.807, 2.05) is 31.3 Å². The third-order valence-corrected chi connectivity index (χ3v) is 5.53. The summed E-state index contributed by atoms with van der Waals surface area (Å²) in [5, 5.41) is 0. The van der Waals surface area contributed by atoms with Crippen LogP contribution in [0, 0.1) is 0 Å². The molecule has 2 aliphatic rings. The summed E-state index contributed by atoms with van der Waals surface area (Å²) < 4.78 is 38.4. The Kier molecular flexibility index (Phi) is 5.41. The lowest BCUT2D eigenvalue weighted by atomic mass is 10.0. The first-order valence-electron chi connectivity index (χ1n) is 9.70. The quantitative estimate of drug-likeness (QED) is 0.748. The lowest BCUT2D eigenvalue weighted by Gasteiger charge is -2.40. The highest BCUT2D eigenvalue weighted by Crippen LogP contribution is 2.33.